The third-order valence-corrected chi connectivity index (χ3v) is 3.42. The van der Waals surface area contributed by atoms with E-state index in [1.165, 1.54) is 37.8 Å². The lowest BCUT2D eigenvalue weighted by Crippen LogP contribution is -2.20. The monoisotopic (exact) mass is 221 g/mol. The Morgan fingerprint density at radius 1 is 1.44 bits per heavy atom. The summed E-state index contributed by atoms with van der Waals surface area (Å²) in [6.45, 7) is 6.45. The minimum absolute atomic E-state index is 0.462. The second-order valence-corrected chi connectivity index (χ2v) is 5.20. The van der Waals surface area contributed by atoms with Gasteiger partial charge < -0.3 is 5.32 Å². The fraction of sp³-hybridized carbons (Fsp3) is 0.769. The molecule has 0 atom stereocenters. The van der Waals surface area contributed by atoms with E-state index in [-0.39, 0.29) is 0 Å². The molecule has 90 valence electrons. The lowest BCUT2D eigenvalue weighted by atomic mass is 10.1. The molecule has 16 heavy (non-hydrogen) atoms. The molecule has 1 heterocycles. The molecule has 1 aromatic rings. The van der Waals surface area contributed by atoms with Crippen LogP contribution in [0.15, 0.2) is 12.4 Å². The lowest BCUT2D eigenvalue weighted by molar-refractivity contribution is 0.488. The number of nitrogens with one attached hydrogen (secondary N) is 1. The molecule has 0 bridgehead atoms. The van der Waals surface area contributed by atoms with E-state index in [2.05, 4.69) is 30.5 Å². The van der Waals surface area contributed by atoms with Gasteiger partial charge in [0, 0.05) is 24.3 Å². The Bertz CT molecular complexity index is 311. The standard InChI is InChI=1S/C13H23N3/c1-11(2)16-10-13(9-15-16)8-14-7-12-5-3-4-6-12/h9-12,14H,3-8H2,1-2H3. The van der Waals surface area contributed by atoms with Crippen LogP contribution in [0.3, 0.4) is 0 Å². The van der Waals surface area contributed by atoms with Crippen molar-refractivity contribution in [3.63, 3.8) is 0 Å². The van der Waals surface area contributed by atoms with Crippen molar-refractivity contribution in [2.24, 2.45) is 5.92 Å². The second-order valence-electron chi connectivity index (χ2n) is 5.20. The van der Waals surface area contributed by atoms with E-state index < -0.39 is 0 Å². The third kappa shape index (κ3) is 3.08. The molecule has 1 N–H and O–H groups in total. The SMILES string of the molecule is CC(C)n1cc(CNCC2CCCC2)cn1. The van der Waals surface area contributed by atoms with Gasteiger partial charge in [0.05, 0.1) is 6.20 Å². The van der Waals surface area contributed by atoms with Crippen LogP contribution in [0, 0.1) is 5.92 Å². The van der Waals surface area contributed by atoms with Crippen LogP contribution < -0.4 is 5.32 Å². The molecule has 0 saturated heterocycles. The Labute approximate surface area is 98.2 Å². The molecule has 3 heteroatoms. The Morgan fingerprint density at radius 2 is 2.19 bits per heavy atom. The van der Waals surface area contributed by atoms with Gasteiger partial charge in [-0.05, 0) is 39.2 Å². The van der Waals surface area contributed by atoms with Crippen molar-refractivity contribution in [3.8, 4) is 0 Å². The Balaban J connectivity index is 1.72. The van der Waals surface area contributed by atoms with Gasteiger partial charge in [0.1, 0.15) is 0 Å². The number of nitrogens with zero attached hydrogens (tertiary/aromatic N) is 2. The van der Waals surface area contributed by atoms with Crippen LogP contribution in [0.2, 0.25) is 0 Å². The summed E-state index contributed by atoms with van der Waals surface area (Å²) in [5.74, 6) is 0.917. The maximum Gasteiger partial charge on any atom is 0.0534 e. The summed E-state index contributed by atoms with van der Waals surface area (Å²) in [5.41, 5.74) is 1.30. The summed E-state index contributed by atoms with van der Waals surface area (Å²) in [5, 5.41) is 7.89. The zero-order chi connectivity index (χ0) is 11.4. The molecule has 1 saturated carbocycles. The minimum atomic E-state index is 0.462. The predicted octanol–water partition coefficient (Wildman–Crippen LogP) is 2.74. The van der Waals surface area contributed by atoms with Gasteiger partial charge in [-0.15, -0.1) is 0 Å². The Morgan fingerprint density at radius 3 is 2.81 bits per heavy atom. The summed E-state index contributed by atoms with van der Waals surface area (Å²) in [4.78, 5) is 0. The highest BCUT2D eigenvalue weighted by Gasteiger charge is 2.14. The molecule has 0 unspecified atom stereocenters. The largest absolute Gasteiger partial charge is 0.312 e. The average Bonchev–Trinajstić information content (AvgIpc) is 2.87. The van der Waals surface area contributed by atoms with Gasteiger partial charge in [-0.3, -0.25) is 4.68 Å². The van der Waals surface area contributed by atoms with Crippen molar-refractivity contribution in [1.82, 2.24) is 15.1 Å². The third-order valence-electron chi connectivity index (χ3n) is 3.42. The number of rotatable bonds is 5. The maximum absolute atomic E-state index is 4.34. The summed E-state index contributed by atoms with van der Waals surface area (Å²) in [6.07, 6.45) is 9.81. The zero-order valence-corrected chi connectivity index (χ0v) is 10.4. The summed E-state index contributed by atoms with van der Waals surface area (Å²) >= 11 is 0. The summed E-state index contributed by atoms with van der Waals surface area (Å²) in [6, 6.07) is 0.462. The topological polar surface area (TPSA) is 29.9 Å². The van der Waals surface area contributed by atoms with Crippen molar-refractivity contribution < 1.29 is 0 Å². The van der Waals surface area contributed by atoms with Gasteiger partial charge in [-0.1, -0.05) is 12.8 Å². The average molecular weight is 221 g/mol. The lowest BCUT2D eigenvalue weighted by Gasteiger charge is -2.09. The highest BCUT2D eigenvalue weighted by atomic mass is 15.3. The van der Waals surface area contributed by atoms with Crippen LogP contribution in [-0.4, -0.2) is 16.3 Å². The molecule has 0 aliphatic heterocycles. The highest BCUT2D eigenvalue weighted by Crippen LogP contribution is 2.23. The first kappa shape index (κ1) is 11.6. The molecule has 0 aromatic carbocycles. The van der Waals surface area contributed by atoms with E-state index in [4.69, 9.17) is 0 Å². The first-order valence-corrected chi connectivity index (χ1v) is 6.49. The van der Waals surface area contributed by atoms with Gasteiger partial charge in [0.25, 0.3) is 0 Å². The number of hydrogen-bond acceptors (Lipinski definition) is 2. The fourth-order valence-electron chi connectivity index (χ4n) is 2.39. The van der Waals surface area contributed by atoms with Crippen LogP contribution in [0.4, 0.5) is 0 Å². The van der Waals surface area contributed by atoms with Crippen LogP contribution in [0.1, 0.15) is 51.1 Å². The fourth-order valence-corrected chi connectivity index (χ4v) is 2.39. The quantitative estimate of drug-likeness (QED) is 0.828. The molecule has 1 aliphatic rings. The maximum atomic E-state index is 4.34. The van der Waals surface area contributed by atoms with E-state index in [1.54, 1.807) is 0 Å². The summed E-state index contributed by atoms with van der Waals surface area (Å²) in [7, 11) is 0. The van der Waals surface area contributed by atoms with Crippen molar-refractivity contribution in [1.29, 1.82) is 0 Å². The molecular formula is C13H23N3. The molecule has 0 radical (unpaired) electrons. The van der Waals surface area contributed by atoms with Crippen LogP contribution in [0.25, 0.3) is 0 Å². The second kappa shape index (κ2) is 5.48. The van der Waals surface area contributed by atoms with Crippen molar-refractivity contribution in [2.75, 3.05) is 6.54 Å². The van der Waals surface area contributed by atoms with Crippen molar-refractivity contribution in [2.45, 2.75) is 52.1 Å². The highest BCUT2D eigenvalue weighted by molar-refractivity contribution is 5.03. The molecule has 3 nitrogen and oxygen atoms in total. The first-order chi connectivity index (χ1) is 7.75. The normalized spacial score (nSPS) is 17.4. The van der Waals surface area contributed by atoms with Gasteiger partial charge >= 0.3 is 0 Å². The molecule has 1 fully saturated rings. The number of hydrogen-bond donors (Lipinski definition) is 1. The predicted molar refractivity (Wildman–Crippen MR) is 66.3 cm³/mol. The Hall–Kier alpha value is -0.830. The molecule has 0 spiro atoms. The molecule has 1 aliphatic carbocycles. The van der Waals surface area contributed by atoms with Crippen LogP contribution in [-0.2, 0) is 6.54 Å². The van der Waals surface area contributed by atoms with Crippen molar-refractivity contribution in [3.05, 3.63) is 18.0 Å². The summed E-state index contributed by atoms with van der Waals surface area (Å²) < 4.78 is 2.02. The van der Waals surface area contributed by atoms with E-state index in [1.807, 2.05) is 10.9 Å². The molecular weight excluding hydrogens is 198 g/mol. The number of aromatic nitrogens is 2. The van der Waals surface area contributed by atoms with E-state index in [9.17, 15) is 0 Å². The van der Waals surface area contributed by atoms with E-state index >= 15 is 0 Å². The van der Waals surface area contributed by atoms with Crippen LogP contribution in [0.5, 0.6) is 0 Å². The van der Waals surface area contributed by atoms with Gasteiger partial charge in [-0.25, -0.2) is 0 Å². The van der Waals surface area contributed by atoms with Gasteiger partial charge in [-0.2, -0.15) is 5.10 Å². The molecule has 2 rings (SSSR count). The van der Waals surface area contributed by atoms with Crippen molar-refractivity contribution >= 4 is 0 Å². The van der Waals surface area contributed by atoms with Crippen LogP contribution >= 0.6 is 0 Å². The molecule has 0 amide bonds. The Kier molecular flexibility index (Phi) is 3.99. The van der Waals surface area contributed by atoms with Gasteiger partial charge in [0.2, 0.25) is 0 Å². The smallest absolute Gasteiger partial charge is 0.0534 e. The first-order valence-electron chi connectivity index (χ1n) is 6.49. The van der Waals surface area contributed by atoms with E-state index in [0.717, 1.165) is 12.5 Å². The van der Waals surface area contributed by atoms with Gasteiger partial charge in [0.15, 0.2) is 0 Å². The zero-order valence-electron chi connectivity index (χ0n) is 10.4. The minimum Gasteiger partial charge on any atom is -0.312 e. The van der Waals surface area contributed by atoms with E-state index in [0.29, 0.717) is 6.04 Å². The molecule has 1 aromatic heterocycles.